The lowest BCUT2D eigenvalue weighted by atomic mass is 10.3. The monoisotopic (exact) mass is 202 g/mol. The lowest BCUT2D eigenvalue weighted by Crippen LogP contribution is -1.86. The van der Waals surface area contributed by atoms with E-state index in [1.807, 2.05) is 0 Å². The van der Waals surface area contributed by atoms with Crippen molar-refractivity contribution in [2.45, 2.75) is 0 Å². The number of nitrogens with zero attached hydrogens (tertiary/aromatic N) is 5. The first-order chi connectivity index (χ1) is 7.34. The molecule has 3 rings (SSSR count). The molecule has 0 aliphatic heterocycles. The smallest absolute Gasteiger partial charge is 0.313 e. The van der Waals surface area contributed by atoms with Gasteiger partial charge in [0.25, 0.3) is 5.89 Å². The van der Waals surface area contributed by atoms with Gasteiger partial charge in [0.2, 0.25) is 0 Å². The van der Waals surface area contributed by atoms with Gasteiger partial charge in [0.15, 0.2) is 0 Å². The molecule has 0 saturated carbocycles. The maximum absolute atomic E-state index is 5.35. The highest BCUT2D eigenvalue weighted by Crippen LogP contribution is 2.22. The Labute approximate surface area is 83.6 Å². The summed E-state index contributed by atoms with van der Waals surface area (Å²) in [6.45, 7) is 0. The van der Waals surface area contributed by atoms with Crippen LogP contribution in [0.2, 0.25) is 0 Å². The summed E-state index contributed by atoms with van der Waals surface area (Å²) in [6.07, 6.45) is 6.68. The van der Waals surface area contributed by atoms with E-state index in [-0.39, 0.29) is 6.01 Å². The lowest BCUT2D eigenvalue weighted by Gasteiger charge is -1.91. The van der Waals surface area contributed by atoms with Crippen molar-refractivity contribution >= 4 is 11.5 Å². The third kappa shape index (κ3) is 1.13. The maximum atomic E-state index is 5.35. The molecular weight excluding hydrogens is 196 g/mol. The minimum Gasteiger partial charge on any atom is -0.403 e. The van der Waals surface area contributed by atoms with E-state index in [0.717, 1.165) is 5.52 Å². The summed E-state index contributed by atoms with van der Waals surface area (Å²) in [5.41, 5.74) is 6.85. The molecule has 0 atom stereocenters. The van der Waals surface area contributed by atoms with Crippen LogP contribution >= 0.6 is 0 Å². The van der Waals surface area contributed by atoms with Gasteiger partial charge < -0.3 is 10.2 Å². The molecule has 15 heavy (non-hydrogen) atoms. The molecule has 2 N–H and O–H groups in total. The van der Waals surface area contributed by atoms with Gasteiger partial charge in [-0.25, -0.2) is 4.52 Å². The van der Waals surface area contributed by atoms with Crippen molar-refractivity contribution in [3.63, 3.8) is 0 Å². The van der Waals surface area contributed by atoms with Gasteiger partial charge in [0.1, 0.15) is 0 Å². The van der Waals surface area contributed by atoms with E-state index in [1.54, 1.807) is 29.3 Å². The molecule has 3 aromatic rings. The van der Waals surface area contributed by atoms with E-state index in [2.05, 4.69) is 20.3 Å². The SMILES string of the molecule is Nc1nnc(-c2cnn3ccncc23)o1. The van der Waals surface area contributed by atoms with E-state index < -0.39 is 0 Å². The van der Waals surface area contributed by atoms with E-state index >= 15 is 0 Å². The van der Waals surface area contributed by atoms with Crippen LogP contribution in [0.4, 0.5) is 6.01 Å². The van der Waals surface area contributed by atoms with Gasteiger partial charge in [-0.2, -0.15) is 5.10 Å². The molecule has 3 aromatic heterocycles. The molecule has 0 fully saturated rings. The average Bonchev–Trinajstić information content (AvgIpc) is 2.83. The lowest BCUT2D eigenvalue weighted by molar-refractivity contribution is 0.591. The van der Waals surface area contributed by atoms with Crippen molar-refractivity contribution in [2.24, 2.45) is 0 Å². The number of fused-ring (bicyclic) bond motifs is 1. The number of nitrogens with two attached hydrogens (primary N) is 1. The van der Waals surface area contributed by atoms with Crippen LogP contribution in [0, 0.1) is 0 Å². The van der Waals surface area contributed by atoms with Gasteiger partial charge in [-0.15, -0.1) is 5.10 Å². The van der Waals surface area contributed by atoms with Crippen LogP contribution in [-0.4, -0.2) is 24.8 Å². The van der Waals surface area contributed by atoms with E-state index in [1.165, 1.54) is 0 Å². The third-order valence-electron chi connectivity index (χ3n) is 2.00. The topological polar surface area (TPSA) is 95.1 Å². The normalized spacial score (nSPS) is 10.9. The first kappa shape index (κ1) is 7.92. The summed E-state index contributed by atoms with van der Waals surface area (Å²) in [7, 11) is 0. The molecule has 0 spiro atoms. The molecular formula is C8H6N6O. The predicted octanol–water partition coefficient (Wildman–Crippen LogP) is 0.361. The zero-order valence-electron chi connectivity index (χ0n) is 7.53. The van der Waals surface area contributed by atoms with Crippen LogP contribution in [0.25, 0.3) is 17.0 Å². The second kappa shape index (κ2) is 2.77. The van der Waals surface area contributed by atoms with E-state index in [0.29, 0.717) is 11.5 Å². The highest BCUT2D eigenvalue weighted by molar-refractivity contribution is 5.73. The van der Waals surface area contributed by atoms with Gasteiger partial charge in [-0.3, -0.25) is 4.98 Å². The summed E-state index contributed by atoms with van der Waals surface area (Å²) in [5.74, 6) is 0.343. The third-order valence-corrected chi connectivity index (χ3v) is 2.00. The van der Waals surface area contributed by atoms with Crippen molar-refractivity contribution in [3.8, 4) is 11.5 Å². The Balaban J connectivity index is 2.27. The second-order valence-corrected chi connectivity index (χ2v) is 2.91. The quantitative estimate of drug-likeness (QED) is 0.612. The van der Waals surface area contributed by atoms with E-state index in [4.69, 9.17) is 10.2 Å². The Morgan fingerprint density at radius 2 is 2.20 bits per heavy atom. The first-order valence-corrected chi connectivity index (χ1v) is 4.21. The van der Waals surface area contributed by atoms with Crippen molar-refractivity contribution < 1.29 is 4.42 Å². The number of hydrogen-bond acceptors (Lipinski definition) is 6. The average molecular weight is 202 g/mol. The fourth-order valence-electron chi connectivity index (χ4n) is 1.34. The van der Waals surface area contributed by atoms with Crippen LogP contribution in [0.5, 0.6) is 0 Å². The molecule has 0 saturated heterocycles. The Morgan fingerprint density at radius 3 is 3.00 bits per heavy atom. The minimum atomic E-state index is 0.0354. The van der Waals surface area contributed by atoms with Gasteiger partial charge in [0.05, 0.1) is 23.5 Å². The summed E-state index contributed by atoms with van der Waals surface area (Å²) < 4.78 is 6.78. The second-order valence-electron chi connectivity index (χ2n) is 2.91. The van der Waals surface area contributed by atoms with Crippen LogP contribution in [0.1, 0.15) is 0 Å². The van der Waals surface area contributed by atoms with Crippen molar-refractivity contribution in [1.82, 2.24) is 24.8 Å². The molecule has 0 amide bonds. The van der Waals surface area contributed by atoms with Crippen LogP contribution < -0.4 is 5.73 Å². The van der Waals surface area contributed by atoms with Gasteiger partial charge in [-0.05, 0) is 0 Å². The number of aromatic nitrogens is 5. The Hall–Kier alpha value is -2.44. The summed E-state index contributed by atoms with van der Waals surface area (Å²) >= 11 is 0. The zero-order valence-corrected chi connectivity index (χ0v) is 7.53. The number of rotatable bonds is 1. The van der Waals surface area contributed by atoms with E-state index in [9.17, 15) is 0 Å². The van der Waals surface area contributed by atoms with Gasteiger partial charge in [-0.1, -0.05) is 5.10 Å². The molecule has 7 nitrogen and oxygen atoms in total. The summed E-state index contributed by atoms with van der Waals surface area (Å²) in [5, 5.41) is 11.5. The molecule has 3 heterocycles. The highest BCUT2D eigenvalue weighted by Gasteiger charge is 2.12. The fraction of sp³-hybridized carbons (Fsp3) is 0. The van der Waals surface area contributed by atoms with Crippen LogP contribution in [0.3, 0.4) is 0 Å². The molecule has 74 valence electrons. The fourth-order valence-corrected chi connectivity index (χ4v) is 1.34. The Bertz CT molecular complexity index is 612. The Morgan fingerprint density at radius 1 is 1.27 bits per heavy atom. The molecule has 0 aliphatic rings. The molecule has 0 unspecified atom stereocenters. The zero-order chi connectivity index (χ0) is 10.3. The van der Waals surface area contributed by atoms with Crippen molar-refractivity contribution in [1.29, 1.82) is 0 Å². The van der Waals surface area contributed by atoms with Crippen LogP contribution in [-0.2, 0) is 0 Å². The molecule has 0 radical (unpaired) electrons. The Kier molecular flexibility index (Phi) is 1.46. The highest BCUT2D eigenvalue weighted by atomic mass is 16.4. The molecule has 7 heteroatoms. The van der Waals surface area contributed by atoms with Crippen molar-refractivity contribution in [2.75, 3.05) is 5.73 Å². The van der Waals surface area contributed by atoms with Gasteiger partial charge in [0, 0.05) is 12.4 Å². The molecule has 0 bridgehead atoms. The number of hydrogen-bond donors (Lipinski definition) is 1. The van der Waals surface area contributed by atoms with Gasteiger partial charge >= 0.3 is 6.01 Å². The summed E-state index contributed by atoms with van der Waals surface area (Å²) in [4.78, 5) is 4.00. The van der Waals surface area contributed by atoms with Crippen molar-refractivity contribution in [3.05, 3.63) is 24.8 Å². The predicted molar refractivity (Wildman–Crippen MR) is 50.7 cm³/mol. The number of anilines is 1. The largest absolute Gasteiger partial charge is 0.403 e. The molecule has 0 aromatic carbocycles. The summed E-state index contributed by atoms with van der Waals surface area (Å²) in [6, 6.07) is 0.0354. The van der Waals surface area contributed by atoms with Crippen LogP contribution in [0.15, 0.2) is 29.2 Å². The first-order valence-electron chi connectivity index (χ1n) is 4.21. The maximum Gasteiger partial charge on any atom is 0.313 e. The number of nitrogen functional groups attached to an aromatic ring is 1. The minimum absolute atomic E-state index is 0.0354. The standard InChI is InChI=1S/C8H6N6O/c9-8-13-12-7(15-8)5-3-11-14-2-1-10-4-6(5)14/h1-4H,(H2,9,13). The molecule has 0 aliphatic carbocycles.